The molecule has 0 unspecified atom stereocenters. The quantitative estimate of drug-likeness (QED) is 0.184. The predicted molar refractivity (Wildman–Crippen MR) is 199 cm³/mol. The third kappa shape index (κ3) is 9.70. The third-order valence-corrected chi connectivity index (χ3v) is 10.4. The molecule has 2 heterocycles. The van der Waals surface area contributed by atoms with Crippen molar-refractivity contribution in [1.82, 2.24) is 19.4 Å². The van der Waals surface area contributed by atoms with Crippen molar-refractivity contribution in [2.75, 3.05) is 10.0 Å². The minimum atomic E-state index is -4.44. The highest BCUT2D eigenvalue weighted by Crippen LogP contribution is 2.25. The summed E-state index contributed by atoms with van der Waals surface area (Å²) in [7, 11) is -2.95. The number of carbonyl (C=O) groups is 3. The average Bonchev–Trinajstić information content (AvgIpc) is 3.12. The first-order valence-corrected chi connectivity index (χ1v) is 19.0. The maximum absolute atomic E-state index is 15.4. The number of nitrogens with zero attached hydrogens (tertiary/aromatic N) is 3. The molecule has 5 rings (SSSR count). The SMILES string of the molecule is Cc1cn(C)c(=O)n(-c2ccc(C[C@H](NC(=O)c3cc(F)c(NS(=O)(=O)c4ccc(NC(=O)C(C)(C)C)cc4)cc3F)C(=O)OC3CCCCC3)cn2)c1=O. The van der Waals surface area contributed by atoms with Crippen molar-refractivity contribution in [3.8, 4) is 5.82 Å². The van der Waals surface area contributed by atoms with Gasteiger partial charge in [-0.05, 0) is 74.6 Å². The molecule has 17 heteroatoms. The zero-order valence-corrected chi connectivity index (χ0v) is 31.8. The summed E-state index contributed by atoms with van der Waals surface area (Å²) in [5, 5.41) is 5.07. The van der Waals surface area contributed by atoms with Crippen LogP contribution in [0.5, 0.6) is 0 Å². The Labute approximate surface area is 316 Å². The monoisotopic (exact) mass is 780 g/mol. The van der Waals surface area contributed by atoms with Gasteiger partial charge < -0.3 is 19.9 Å². The number of benzene rings is 2. The maximum Gasteiger partial charge on any atom is 0.336 e. The van der Waals surface area contributed by atoms with Gasteiger partial charge in [0.1, 0.15) is 29.6 Å². The van der Waals surface area contributed by atoms with Crippen molar-refractivity contribution in [3.05, 3.63) is 110 Å². The lowest BCUT2D eigenvalue weighted by Crippen LogP contribution is -2.45. The van der Waals surface area contributed by atoms with Crippen LogP contribution in [0.1, 0.15) is 74.4 Å². The van der Waals surface area contributed by atoms with Gasteiger partial charge in [0.25, 0.3) is 21.5 Å². The van der Waals surface area contributed by atoms with Crippen molar-refractivity contribution in [2.24, 2.45) is 12.5 Å². The number of hydrogen-bond donors (Lipinski definition) is 3. The minimum absolute atomic E-state index is 0.0262. The number of ether oxygens (including phenoxy) is 1. The molecule has 2 aromatic heterocycles. The number of rotatable bonds is 11. The molecule has 1 saturated carbocycles. The van der Waals surface area contributed by atoms with Crippen LogP contribution in [0, 0.1) is 24.0 Å². The number of anilines is 2. The average molecular weight is 781 g/mol. The van der Waals surface area contributed by atoms with Crippen molar-refractivity contribution >= 4 is 39.2 Å². The predicted octanol–water partition coefficient (Wildman–Crippen LogP) is 4.52. The standard InChI is InChI=1S/C38H42F2N6O8S/c1-22-21-45(5)37(51)46(34(22)48)32-16-11-23(20-41-32)17-31(35(49)54-25-9-7-6-8-10-25)43-33(47)27-18-29(40)30(19-28(27)39)44-55(52,53)26-14-12-24(13-15-26)42-36(50)38(2,3)4/h11-16,18-21,25,31,44H,6-10,17H2,1-5H3,(H,42,50)(H,43,47)/t31-/m0/s1. The van der Waals surface area contributed by atoms with Crippen LogP contribution in [-0.2, 0) is 37.8 Å². The molecule has 2 aromatic carbocycles. The zero-order valence-electron chi connectivity index (χ0n) is 30.9. The highest BCUT2D eigenvalue weighted by molar-refractivity contribution is 7.92. The molecular weight excluding hydrogens is 739 g/mol. The number of pyridine rings is 1. The van der Waals surface area contributed by atoms with Crippen LogP contribution in [0.2, 0.25) is 0 Å². The summed E-state index contributed by atoms with van der Waals surface area (Å²) < 4.78 is 66.6. The van der Waals surface area contributed by atoms with E-state index in [-0.39, 0.29) is 23.0 Å². The molecular formula is C38H42F2N6O8S. The molecule has 55 heavy (non-hydrogen) atoms. The fourth-order valence-electron chi connectivity index (χ4n) is 5.83. The lowest BCUT2D eigenvalue weighted by molar-refractivity contribution is -0.152. The van der Waals surface area contributed by atoms with Crippen LogP contribution in [-0.4, -0.2) is 52.5 Å². The fourth-order valence-corrected chi connectivity index (χ4v) is 6.88. The van der Waals surface area contributed by atoms with Crippen molar-refractivity contribution < 1.29 is 36.3 Å². The summed E-state index contributed by atoms with van der Waals surface area (Å²) in [5.41, 5.74) is -2.45. The molecule has 3 N–H and O–H groups in total. The number of hydrogen-bond acceptors (Lipinski definition) is 9. The highest BCUT2D eigenvalue weighted by atomic mass is 32.2. The Hall–Kier alpha value is -5.71. The first-order valence-electron chi connectivity index (χ1n) is 17.5. The Morgan fingerprint density at radius 1 is 0.982 bits per heavy atom. The summed E-state index contributed by atoms with van der Waals surface area (Å²) in [4.78, 5) is 68.4. The summed E-state index contributed by atoms with van der Waals surface area (Å²) in [6.45, 7) is 6.68. The summed E-state index contributed by atoms with van der Waals surface area (Å²) >= 11 is 0. The molecule has 292 valence electrons. The van der Waals surface area contributed by atoms with Crippen LogP contribution in [0.25, 0.3) is 5.82 Å². The van der Waals surface area contributed by atoms with E-state index >= 15 is 8.78 Å². The normalized spacial score (nSPS) is 14.2. The topological polar surface area (TPSA) is 188 Å². The second-order valence-corrected chi connectivity index (χ2v) is 16.1. The Balaban J connectivity index is 1.35. The molecule has 0 bridgehead atoms. The summed E-state index contributed by atoms with van der Waals surface area (Å²) in [6.07, 6.45) is 6.04. The van der Waals surface area contributed by atoms with Gasteiger partial charge >= 0.3 is 11.7 Å². The van der Waals surface area contributed by atoms with E-state index < -0.39 is 73.6 Å². The largest absolute Gasteiger partial charge is 0.461 e. The van der Waals surface area contributed by atoms with Gasteiger partial charge in [0.05, 0.1) is 16.1 Å². The second-order valence-electron chi connectivity index (χ2n) is 14.4. The van der Waals surface area contributed by atoms with E-state index in [2.05, 4.69) is 15.6 Å². The summed E-state index contributed by atoms with van der Waals surface area (Å²) in [5.74, 6) is -4.83. The Kier molecular flexibility index (Phi) is 12.0. The van der Waals surface area contributed by atoms with Gasteiger partial charge in [-0.15, -0.1) is 0 Å². The Morgan fingerprint density at radius 3 is 2.27 bits per heavy atom. The lowest BCUT2D eigenvalue weighted by Gasteiger charge is -2.25. The van der Waals surface area contributed by atoms with Crippen molar-refractivity contribution in [1.29, 1.82) is 0 Å². The Morgan fingerprint density at radius 2 is 1.65 bits per heavy atom. The molecule has 0 spiro atoms. The molecule has 1 aliphatic rings. The van der Waals surface area contributed by atoms with E-state index in [0.29, 0.717) is 41.8 Å². The van der Waals surface area contributed by atoms with Crippen molar-refractivity contribution in [2.45, 2.75) is 83.3 Å². The number of nitrogens with one attached hydrogen (secondary N) is 3. The number of amides is 2. The van der Waals surface area contributed by atoms with Gasteiger partial charge in [0.15, 0.2) is 0 Å². The number of aromatic nitrogens is 3. The van der Waals surface area contributed by atoms with Crippen molar-refractivity contribution in [3.63, 3.8) is 0 Å². The molecule has 1 aliphatic carbocycles. The van der Waals surface area contributed by atoms with Gasteiger partial charge in [0, 0.05) is 48.6 Å². The first kappa shape index (κ1) is 40.5. The zero-order chi connectivity index (χ0) is 40.2. The highest BCUT2D eigenvalue weighted by Gasteiger charge is 2.29. The molecule has 0 saturated heterocycles. The number of carbonyl (C=O) groups excluding carboxylic acids is 3. The first-order chi connectivity index (χ1) is 25.8. The van der Waals surface area contributed by atoms with Gasteiger partial charge in [-0.2, -0.15) is 0 Å². The molecule has 1 fully saturated rings. The van der Waals surface area contributed by atoms with Crippen LogP contribution >= 0.6 is 0 Å². The lowest BCUT2D eigenvalue weighted by atomic mass is 9.95. The molecule has 0 aliphatic heterocycles. The van der Waals surface area contributed by atoms with E-state index in [1.165, 1.54) is 60.4 Å². The van der Waals surface area contributed by atoms with Gasteiger partial charge in [0.2, 0.25) is 5.91 Å². The smallest absolute Gasteiger partial charge is 0.336 e. The van der Waals surface area contributed by atoms with Gasteiger partial charge in [-0.1, -0.05) is 33.3 Å². The molecule has 14 nitrogen and oxygen atoms in total. The number of sulfonamides is 1. The number of esters is 1. The van der Waals surface area contributed by atoms with E-state index in [1.807, 2.05) is 4.72 Å². The molecule has 4 aromatic rings. The van der Waals surface area contributed by atoms with Gasteiger partial charge in [-0.3, -0.25) is 19.1 Å². The van der Waals surface area contributed by atoms with Crippen LogP contribution < -0.4 is 26.6 Å². The van der Waals surface area contributed by atoms with Gasteiger partial charge in [-0.25, -0.2) is 36.3 Å². The summed E-state index contributed by atoms with van der Waals surface area (Å²) in [6, 6.07) is 7.56. The minimum Gasteiger partial charge on any atom is -0.461 e. The molecule has 1 atom stereocenters. The molecule has 2 amide bonds. The number of aryl methyl sites for hydroxylation is 2. The maximum atomic E-state index is 15.4. The number of halogens is 2. The fraction of sp³-hybridized carbons (Fsp3) is 0.368. The van der Waals surface area contributed by atoms with E-state index in [1.54, 1.807) is 27.7 Å². The van der Waals surface area contributed by atoms with E-state index in [0.717, 1.165) is 23.8 Å². The molecule has 0 radical (unpaired) electrons. The van der Waals surface area contributed by atoms with E-state index in [4.69, 9.17) is 4.74 Å². The van der Waals surface area contributed by atoms with Crippen LogP contribution in [0.3, 0.4) is 0 Å². The third-order valence-electron chi connectivity index (χ3n) is 8.97. The second kappa shape index (κ2) is 16.3. The van der Waals surface area contributed by atoms with Crippen LogP contribution in [0.15, 0.2) is 75.4 Å². The Bertz CT molecular complexity index is 2300. The van der Waals surface area contributed by atoms with E-state index in [9.17, 15) is 32.4 Å². The van der Waals surface area contributed by atoms with Crippen LogP contribution in [0.4, 0.5) is 20.2 Å².